The maximum Gasteiger partial charge on any atom is 0.286 e. The minimum absolute atomic E-state index is 0.0138. The van der Waals surface area contributed by atoms with E-state index in [0.29, 0.717) is 11.4 Å². The molecular formula is C15H11ClFN3O3S2. The molecule has 0 fully saturated rings. The maximum atomic E-state index is 12.8. The lowest BCUT2D eigenvalue weighted by Crippen LogP contribution is -2.22. The number of amides is 1. The number of benzene rings is 2. The van der Waals surface area contributed by atoms with Crippen molar-refractivity contribution >= 4 is 55.8 Å². The molecule has 1 aliphatic heterocycles. The molecule has 1 aliphatic rings. The molecule has 0 spiro atoms. The quantitative estimate of drug-likeness (QED) is 0.826. The summed E-state index contributed by atoms with van der Waals surface area (Å²) in [5.74, 6) is -0.848. The average Bonchev–Trinajstić information content (AvgIpc) is 2.55. The number of carbonyl (C=O) groups is 1. The maximum absolute atomic E-state index is 12.8. The van der Waals surface area contributed by atoms with E-state index in [4.69, 9.17) is 11.6 Å². The highest BCUT2D eigenvalue weighted by Crippen LogP contribution is 2.31. The summed E-state index contributed by atoms with van der Waals surface area (Å²) in [6.07, 6.45) is 0. The molecule has 6 nitrogen and oxygen atoms in total. The van der Waals surface area contributed by atoms with E-state index < -0.39 is 15.8 Å². The molecule has 25 heavy (non-hydrogen) atoms. The summed E-state index contributed by atoms with van der Waals surface area (Å²) >= 11 is 6.75. The van der Waals surface area contributed by atoms with Gasteiger partial charge < -0.3 is 10.6 Å². The van der Waals surface area contributed by atoms with Gasteiger partial charge in [-0.15, -0.1) is 4.40 Å². The monoisotopic (exact) mass is 399 g/mol. The van der Waals surface area contributed by atoms with Crippen molar-refractivity contribution in [3.8, 4) is 0 Å². The molecule has 0 bridgehead atoms. The Morgan fingerprint density at radius 1 is 1.24 bits per heavy atom. The number of hydrogen-bond acceptors (Lipinski definition) is 5. The number of nitrogens with zero attached hydrogens (tertiary/aromatic N) is 1. The van der Waals surface area contributed by atoms with Crippen LogP contribution in [-0.4, -0.2) is 25.2 Å². The Hall–Kier alpha value is -2.10. The van der Waals surface area contributed by atoms with Gasteiger partial charge in [-0.25, -0.2) is 4.39 Å². The highest BCUT2D eigenvalue weighted by Gasteiger charge is 2.25. The Labute approximate surface area is 152 Å². The van der Waals surface area contributed by atoms with Crippen molar-refractivity contribution in [1.82, 2.24) is 0 Å². The van der Waals surface area contributed by atoms with E-state index in [0.717, 1.165) is 11.8 Å². The normalized spacial score (nSPS) is 14.9. The predicted molar refractivity (Wildman–Crippen MR) is 97.2 cm³/mol. The number of sulfonamides is 1. The molecule has 0 saturated heterocycles. The van der Waals surface area contributed by atoms with Crippen molar-refractivity contribution in [3.05, 3.63) is 53.3 Å². The van der Waals surface area contributed by atoms with Gasteiger partial charge in [-0.05, 0) is 42.5 Å². The van der Waals surface area contributed by atoms with E-state index in [1.807, 2.05) is 0 Å². The highest BCUT2D eigenvalue weighted by molar-refractivity contribution is 8.15. The molecule has 2 aromatic carbocycles. The van der Waals surface area contributed by atoms with Gasteiger partial charge in [-0.2, -0.15) is 8.42 Å². The Morgan fingerprint density at radius 3 is 2.68 bits per heavy atom. The lowest BCUT2D eigenvalue weighted by atomic mass is 10.3. The molecule has 0 radical (unpaired) electrons. The van der Waals surface area contributed by atoms with Gasteiger partial charge in [0.05, 0.1) is 11.4 Å². The van der Waals surface area contributed by atoms with Gasteiger partial charge in [0.2, 0.25) is 5.91 Å². The number of fused-ring (bicyclic) bond motifs is 1. The highest BCUT2D eigenvalue weighted by atomic mass is 35.5. The predicted octanol–water partition coefficient (Wildman–Crippen LogP) is 3.32. The minimum Gasteiger partial charge on any atom is -0.333 e. The number of nitrogens with one attached hydrogen (secondary N) is 2. The van der Waals surface area contributed by atoms with Crippen LogP contribution in [0.15, 0.2) is 51.8 Å². The van der Waals surface area contributed by atoms with Gasteiger partial charge in [0, 0.05) is 10.7 Å². The van der Waals surface area contributed by atoms with Gasteiger partial charge in [-0.3, -0.25) is 4.79 Å². The summed E-state index contributed by atoms with van der Waals surface area (Å²) in [6.45, 7) is 0. The van der Waals surface area contributed by atoms with E-state index in [-0.39, 0.29) is 26.7 Å². The largest absolute Gasteiger partial charge is 0.333 e. The van der Waals surface area contributed by atoms with Crippen LogP contribution >= 0.6 is 23.4 Å². The fourth-order valence-electron chi connectivity index (χ4n) is 2.04. The molecule has 1 amide bonds. The summed E-state index contributed by atoms with van der Waals surface area (Å²) in [5.41, 5.74) is 0.791. The number of hydrogen-bond donors (Lipinski definition) is 2. The second-order valence-corrected chi connectivity index (χ2v) is 7.95. The number of carbonyl (C=O) groups excluding carboxylic acids is 1. The molecule has 0 atom stereocenters. The average molecular weight is 400 g/mol. The Kier molecular flexibility index (Phi) is 4.98. The van der Waals surface area contributed by atoms with Crippen molar-refractivity contribution in [3.63, 3.8) is 0 Å². The topological polar surface area (TPSA) is 87.6 Å². The third-order valence-electron chi connectivity index (χ3n) is 3.13. The van der Waals surface area contributed by atoms with Gasteiger partial charge >= 0.3 is 0 Å². The molecule has 2 aromatic rings. The second-order valence-electron chi connectivity index (χ2n) is 4.98. The molecule has 2 N–H and O–H groups in total. The standard InChI is InChI=1S/C15H11ClFN3O3S2/c16-9-1-6-12-13(7-9)25(22,23)20-15(19-12)24-8-14(21)18-11-4-2-10(17)3-5-11/h1-7H,8H2,(H,18,21)(H,19,20). The molecule has 0 saturated carbocycles. The first kappa shape index (κ1) is 17.7. The first-order valence-corrected chi connectivity index (χ1v) is 9.74. The summed E-state index contributed by atoms with van der Waals surface area (Å²) < 4.78 is 40.8. The lowest BCUT2D eigenvalue weighted by molar-refractivity contribution is -0.113. The molecule has 3 rings (SSSR count). The fourth-order valence-corrected chi connectivity index (χ4v) is 4.34. The van der Waals surface area contributed by atoms with Crippen LogP contribution in [0.2, 0.25) is 5.02 Å². The smallest absolute Gasteiger partial charge is 0.286 e. The number of halogens is 2. The molecule has 0 unspecified atom stereocenters. The van der Waals surface area contributed by atoms with Crippen LogP contribution in [0.25, 0.3) is 0 Å². The van der Waals surface area contributed by atoms with Crippen LogP contribution in [-0.2, 0) is 14.8 Å². The minimum atomic E-state index is -3.88. The molecule has 130 valence electrons. The Bertz CT molecular complexity index is 962. The van der Waals surface area contributed by atoms with Gasteiger partial charge in [0.15, 0.2) is 5.17 Å². The van der Waals surface area contributed by atoms with Gasteiger partial charge in [-0.1, -0.05) is 23.4 Å². The third kappa shape index (κ3) is 4.30. The van der Waals surface area contributed by atoms with Gasteiger partial charge in [0.25, 0.3) is 10.0 Å². The van der Waals surface area contributed by atoms with Crippen molar-refractivity contribution in [1.29, 1.82) is 0 Å². The van der Waals surface area contributed by atoms with E-state index in [2.05, 4.69) is 15.0 Å². The summed E-state index contributed by atoms with van der Waals surface area (Å²) in [4.78, 5) is 11.9. The zero-order valence-corrected chi connectivity index (χ0v) is 14.9. The van der Waals surface area contributed by atoms with Crippen molar-refractivity contribution < 1.29 is 17.6 Å². The first-order chi connectivity index (χ1) is 11.8. The van der Waals surface area contributed by atoms with Crippen molar-refractivity contribution in [2.75, 3.05) is 16.4 Å². The summed E-state index contributed by atoms with van der Waals surface area (Å²) in [7, 11) is -3.88. The van der Waals surface area contributed by atoms with E-state index in [9.17, 15) is 17.6 Å². The van der Waals surface area contributed by atoms with Crippen LogP contribution in [0.1, 0.15) is 0 Å². The lowest BCUT2D eigenvalue weighted by Gasteiger charge is -2.17. The van der Waals surface area contributed by atoms with Crippen molar-refractivity contribution in [2.24, 2.45) is 4.40 Å². The zero-order valence-electron chi connectivity index (χ0n) is 12.5. The van der Waals surface area contributed by atoms with Gasteiger partial charge in [0.1, 0.15) is 10.7 Å². The molecule has 0 aromatic heterocycles. The Morgan fingerprint density at radius 2 is 1.96 bits per heavy atom. The number of amidine groups is 1. The zero-order chi connectivity index (χ0) is 18.0. The number of anilines is 2. The second kappa shape index (κ2) is 7.03. The van der Waals surface area contributed by atoms with Crippen LogP contribution in [0.3, 0.4) is 0 Å². The fraction of sp³-hybridized carbons (Fsp3) is 0.0667. The van der Waals surface area contributed by atoms with Crippen LogP contribution < -0.4 is 10.6 Å². The van der Waals surface area contributed by atoms with Crippen LogP contribution in [0.4, 0.5) is 15.8 Å². The van der Waals surface area contributed by atoms with E-state index >= 15 is 0 Å². The SMILES string of the molecule is O=C(CSC1=NS(=O)(=O)c2cc(Cl)ccc2N1)Nc1ccc(F)cc1. The molecular weight excluding hydrogens is 389 g/mol. The number of rotatable bonds is 3. The molecule has 0 aliphatic carbocycles. The van der Waals surface area contributed by atoms with E-state index in [1.54, 1.807) is 6.07 Å². The Balaban J connectivity index is 1.66. The summed E-state index contributed by atoms with van der Waals surface area (Å²) in [5, 5.41) is 5.81. The van der Waals surface area contributed by atoms with Crippen molar-refractivity contribution in [2.45, 2.75) is 4.90 Å². The van der Waals surface area contributed by atoms with Crippen LogP contribution in [0, 0.1) is 5.82 Å². The van der Waals surface area contributed by atoms with E-state index in [1.165, 1.54) is 36.4 Å². The molecule has 10 heteroatoms. The third-order valence-corrected chi connectivity index (χ3v) is 5.67. The summed E-state index contributed by atoms with van der Waals surface area (Å²) in [6, 6.07) is 9.71. The van der Waals surface area contributed by atoms with Crippen LogP contribution in [0.5, 0.6) is 0 Å². The number of thioether (sulfide) groups is 1. The molecule has 1 heterocycles. The first-order valence-electron chi connectivity index (χ1n) is 6.93.